The Bertz CT molecular complexity index is 1810. The Hall–Kier alpha value is -4.30. The van der Waals surface area contributed by atoms with Gasteiger partial charge in [-0.05, 0) is 34.7 Å². The van der Waals surface area contributed by atoms with Gasteiger partial charge in [0, 0.05) is 0 Å². The van der Waals surface area contributed by atoms with Crippen molar-refractivity contribution in [3.8, 4) is 0 Å². The summed E-state index contributed by atoms with van der Waals surface area (Å²) in [5.74, 6) is 0. The van der Waals surface area contributed by atoms with E-state index in [1.807, 2.05) is 159 Å². The monoisotopic (exact) mass is 776 g/mol. The van der Waals surface area contributed by atoms with Crippen molar-refractivity contribution in [2.75, 3.05) is 6.61 Å². The van der Waals surface area contributed by atoms with Gasteiger partial charge in [-0.3, -0.25) is 0 Å². The van der Waals surface area contributed by atoms with E-state index in [9.17, 15) is 10.2 Å². The maximum absolute atomic E-state index is 12.1. The normalized spacial score (nSPS) is 27.6. The van der Waals surface area contributed by atoms with Crippen molar-refractivity contribution in [1.82, 2.24) is 0 Å². The maximum Gasteiger partial charge on any atom is 0.187 e. The molecule has 5 aromatic rings. The molecule has 2 saturated heterocycles. The van der Waals surface area contributed by atoms with Gasteiger partial charge in [-0.15, -0.1) is 0 Å². The molecule has 0 bridgehead atoms. The molecular formula is C47H52O10. The number of benzene rings is 5. The van der Waals surface area contributed by atoms with Crippen molar-refractivity contribution < 1.29 is 48.1 Å². The highest BCUT2D eigenvalue weighted by Crippen LogP contribution is 2.35. The molecule has 0 aromatic heterocycles. The third kappa shape index (κ3) is 11.4. The van der Waals surface area contributed by atoms with Crippen LogP contribution in [-0.2, 0) is 70.9 Å². The van der Waals surface area contributed by atoms with Gasteiger partial charge in [-0.25, -0.2) is 0 Å². The largest absolute Gasteiger partial charge is 0.387 e. The highest BCUT2D eigenvalue weighted by atomic mass is 16.7. The van der Waals surface area contributed by atoms with Crippen molar-refractivity contribution in [3.63, 3.8) is 0 Å². The van der Waals surface area contributed by atoms with E-state index in [-0.39, 0.29) is 33.0 Å². The summed E-state index contributed by atoms with van der Waals surface area (Å²) in [5, 5.41) is 23.8. The molecule has 0 amide bonds. The van der Waals surface area contributed by atoms with Crippen molar-refractivity contribution in [3.05, 3.63) is 179 Å². The summed E-state index contributed by atoms with van der Waals surface area (Å²) in [6.07, 6.45) is -9.62. The van der Waals surface area contributed by atoms with E-state index in [2.05, 4.69) is 0 Å². The Labute approximate surface area is 334 Å². The van der Waals surface area contributed by atoms with Gasteiger partial charge in [-0.2, -0.15) is 0 Å². The standard InChI is InChI=1S/C47H52O10/c1-33-41(51-28-35-19-9-3-10-20-35)40(48)43(53-30-37-23-13-5-14-24-37)47(55-33)57-44-42(52-29-36-21-11-4-12-22-36)39(32-50-27-34-17-7-2-8-18-34)56-46(49)45(44)54-31-38-25-15-6-16-26-38/h2-26,33,39-49H,27-32H2,1H3/t33-,39+,40+,41-,42-,43+,44-,45+,46+,47-/m0/s1. The first kappa shape index (κ1) is 40.9. The average molecular weight is 777 g/mol. The lowest BCUT2D eigenvalue weighted by Crippen LogP contribution is -2.65. The average Bonchev–Trinajstić information content (AvgIpc) is 3.25. The van der Waals surface area contributed by atoms with Crippen LogP contribution in [0.3, 0.4) is 0 Å². The zero-order valence-electron chi connectivity index (χ0n) is 32.1. The zero-order valence-corrected chi connectivity index (χ0v) is 32.1. The Morgan fingerprint density at radius 3 is 1.28 bits per heavy atom. The molecule has 300 valence electrons. The molecule has 0 unspecified atom stereocenters. The van der Waals surface area contributed by atoms with Crippen LogP contribution in [0.1, 0.15) is 34.7 Å². The first-order valence-corrected chi connectivity index (χ1v) is 19.6. The fraction of sp³-hybridized carbons (Fsp3) is 0.362. The first-order valence-electron chi connectivity index (χ1n) is 19.6. The second-order valence-electron chi connectivity index (χ2n) is 14.4. The molecule has 0 saturated carbocycles. The van der Waals surface area contributed by atoms with E-state index >= 15 is 0 Å². The summed E-state index contributed by atoms with van der Waals surface area (Å²) in [5.41, 5.74) is 4.71. The Kier molecular flexibility index (Phi) is 15.0. The molecule has 2 aliphatic rings. The number of aliphatic hydroxyl groups is 2. The predicted octanol–water partition coefficient (Wildman–Crippen LogP) is 6.75. The van der Waals surface area contributed by atoms with Gasteiger partial charge in [0.1, 0.15) is 42.7 Å². The van der Waals surface area contributed by atoms with Crippen molar-refractivity contribution in [2.24, 2.45) is 0 Å². The third-order valence-electron chi connectivity index (χ3n) is 10.2. The lowest BCUT2D eigenvalue weighted by Gasteiger charge is -2.48. The van der Waals surface area contributed by atoms with Crippen molar-refractivity contribution in [2.45, 2.75) is 101 Å². The second kappa shape index (κ2) is 20.9. The van der Waals surface area contributed by atoms with E-state index < -0.39 is 61.4 Å². The van der Waals surface area contributed by atoms with Gasteiger partial charge in [0.15, 0.2) is 12.6 Å². The molecule has 10 atom stereocenters. The van der Waals surface area contributed by atoms with Crippen LogP contribution in [0.15, 0.2) is 152 Å². The highest BCUT2D eigenvalue weighted by Gasteiger charge is 2.53. The summed E-state index contributed by atoms with van der Waals surface area (Å²) < 4.78 is 51.9. The third-order valence-corrected chi connectivity index (χ3v) is 10.2. The number of aliphatic hydroxyl groups excluding tert-OH is 2. The quantitative estimate of drug-likeness (QED) is 0.0991. The van der Waals surface area contributed by atoms with E-state index in [0.29, 0.717) is 6.61 Å². The maximum atomic E-state index is 12.1. The molecule has 10 heteroatoms. The van der Waals surface area contributed by atoms with Crippen molar-refractivity contribution in [1.29, 1.82) is 0 Å². The van der Waals surface area contributed by atoms with Crippen LogP contribution in [-0.4, -0.2) is 78.2 Å². The van der Waals surface area contributed by atoms with Crippen molar-refractivity contribution >= 4 is 0 Å². The minimum absolute atomic E-state index is 0.0879. The van der Waals surface area contributed by atoms with Gasteiger partial charge in [0.2, 0.25) is 0 Å². The molecule has 0 radical (unpaired) electrons. The van der Waals surface area contributed by atoms with E-state index in [4.69, 9.17) is 37.9 Å². The molecule has 7 rings (SSSR count). The van der Waals surface area contributed by atoms with E-state index in [0.717, 1.165) is 27.8 Å². The number of hydrogen-bond acceptors (Lipinski definition) is 10. The van der Waals surface area contributed by atoms with E-state index in [1.165, 1.54) is 0 Å². The predicted molar refractivity (Wildman–Crippen MR) is 212 cm³/mol. The minimum Gasteiger partial charge on any atom is -0.387 e. The first-order chi connectivity index (χ1) is 28.0. The van der Waals surface area contributed by atoms with E-state index in [1.54, 1.807) is 0 Å². The highest BCUT2D eigenvalue weighted by molar-refractivity contribution is 5.17. The lowest BCUT2D eigenvalue weighted by atomic mass is 9.96. The summed E-state index contributed by atoms with van der Waals surface area (Å²) in [6, 6.07) is 48.8. The molecule has 2 N–H and O–H groups in total. The molecule has 2 fully saturated rings. The SMILES string of the molecule is C[C@@H]1O[C@@H](O[C@@H]2[C@@H](OCc3ccccc3)[C@H](O)O[C@H](COCc3ccccc3)[C@@H]2OCc2ccccc2)[C@H](OCc2ccccc2)[C@H](O)[C@H]1OCc1ccccc1. The van der Waals surface area contributed by atoms with Gasteiger partial charge in [0.05, 0.1) is 45.7 Å². The van der Waals surface area contributed by atoms with Crippen LogP contribution < -0.4 is 0 Å². The Balaban J connectivity index is 1.18. The smallest absolute Gasteiger partial charge is 0.187 e. The molecule has 2 aliphatic heterocycles. The van der Waals surface area contributed by atoms with Crippen LogP contribution in [0.25, 0.3) is 0 Å². The van der Waals surface area contributed by atoms with Gasteiger partial charge in [-0.1, -0.05) is 152 Å². The lowest BCUT2D eigenvalue weighted by molar-refractivity contribution is -0.369. The zero-order chi connectivity index (χ0) is 39.2. The van der Waals surface area contributed by atoms with Crippen LogP contribution in [0, 0.1) is 0 Å². The van der Waals surface area contributed by atoms with Crippen LogP contribution in [0.5, 0.6) is 0 Å². The molecule has 0 spiro atoms. The summed E-state index contributed by atoms with van der Waals surface area (Å²) in [7, 11) is 0. The van der Waals surface area contributed by atoms with Crippen LogP contribution in [0.2, 0.25) is 0 Å². The molecule has 57 heavy (non-hydrogen) atoms. The van der Waals surface area contributed by atoms with Gasteiger partial charge >= 0.3 is 0 Å². The summed E-state index contributed by atoms with van der Waals surface area (Å²) in [6.45, 7) is 3.10. The molecule has 5 aromatic carbocycles. The van der Waals surface area contributed by atoms with Crippen LogP contribution >= 0.6 is 0 Å². The molecule has 10 nitrogen and oxygen atoms in total. The fourth-order valence-corrected chi connectivity index (χ4v) is 7.16. The Morgan fingerprint density at radius 2 is 0.825 bits per heavy atom. The second-order valence-corrected chi connectivity index (χ2v) is 14.4. The number of ether oxygens (including phenoxy) is 8. The number of hydrogen-bond donors (Lipinski definition) is 2. The van der Waals surface area contributed by atoms with Gasteiger partial charge in [0.25, 0.3) is 0 Å². The number of rotatable bonds is 18. The van der Waals surface area contributed by atoms with Crippen LogP contribution in [0.4, 0.5) is 0 Å². The topological polar surface area (TPSA) is 114 Å². The van der Waals surface area contributed by atoms with Gasteiger partial charge < -0.3 is 48.1 Å². The molecule has 2 heterocycles. The fourth-order valence-electron chi connectivity index (χ4n) is 7.16. The summed E-state index contributed by atoms with van der Waals surface area (Å²) in [4.78, 5) is 0. The Morgan fingerprint density at radius 1 is 0.439 bits per heavy atom. The molecular weight excluding hydrogens is 725 g/mol. The minimum atomic E-state index is -1.42. The molecule has 0 aliphatic carbocycles. The summed E-state index contributed by atoms with van der Waals surface area (Å²) >= 11 is 0.